The molecule has 0 N–H and O–H groups in total. The van der Waals surface area contributed by atoms with Crippen LogP contribution in [0.4, 0.5) is 17.1 Å². The van der Waals surface area contributed by atoms with Crippen molar-refractivity contribution in [2.24, 2.45) is 0 Å². The summed E-state index contributed by atoms with van der Waals surface area (Å²) in [4.78, 5) is 24.9. The highest BCUT2D eigenvalue weighted by Crippen LogP contribution is 2.36. The second-order valence-electron chi connectivity index (χ2n) is 9.51. The Labute approximate surface area is 242 Å². The minimum atomic E-state index is -0.417. The maximum Gasteiger partial charge on any atom is 0.330 e. The summed E-state index contributed by atoms with van der Waals surface area (Å²) in [5.41, 5.74) is 8.84. The number of esters is 2. The number of hydrogen-bond acceptors (Lipinski definition) is 5. The van der Waals surface area contributed by atoms with Gasteiger partial charge in [-0.3, -0.25) is 0 Å². The van der Waals surface area contributed by atoms with Crippen LogP contribution >= 0.6 is 0 Å². The summed E-state index contributed by atoms with van der Waals surface area (Å²) < 4.78 is 10.3. The number of anilines is 3. The molecule has 4 aromatic rings. The number of carbonyl (C=O) groups excluding carboxylic acids is 2. The Balaban J connectivity index is 1.58. The zero-order valence-corrected chi connectivity index (χ0v) is 23.4. The molecule has 0 fully saturated rings. The van der Waals surface area contributed by atoms with Crippen molar-refractivity contribution in [1.82, 2.24) is 0 Å². The van der Waals surface area contributed by atoms with E-state index in [1.54, 1.807) is 0 Å². The lowest BCUT2D eigenvalue weighted by Crippen LogP contribution is -2.10. The molecular weight excluding hydrogens is 510 g/mol. The summed E-state index contributed by atoms with van der Waals surface area (Å²) in [7, 11) is 0. The van der Waals surface area contributed by atoms with Crippen LogP contribution in [0.1, 0.15) is 23.6 Å². The average Bonchev–Trinajstić information content (AvgIpc) is 3.03. The van der Waals surface area contributed by atoms with Gasteiger partial charge in [0.15, 0.2) is 0 Å². The van der Waals surface area contributed by atoms with Gasteiger partial charge >= 0.3 is 11.9 Å². The van der Waals surface area contributed by atoms with Gasteiger partial charge in [0, 0.05) is 42.1 Å². The predicted octanol–water partition coefficient (Wildman–Crippen LogP) is 7.93. The standard InChI is InChI=1S/C36H35NO4/c1-4-27-7-13-30(14-8-27)31-15-21-34(22-16-31)37(32-17-9-28(10-18-32)23-25-40-35(38)5-2)33-19-11-29(12-20-33)24-26-41-36(39)6-3/h5-22H,2-4,23-26H2,1H3. The zero-order chi connectivity index (χ0) is 29.0. The molecule has 0 amide bonds. The van der Waals surface area contributed by atoms with Crippen molar-refractivity contribution >= 4 is 29.0 Å². The molecule has 5 heteroatoms. The van der Waals surface area contributed by atoms with Crippen molar-refractivity contribution < 1.29 is 19.1 Å². The van der Waals surface area contributed by atoms with E-state index in [0.717, 1.165) is 40.2 Å². The lowest BCUT2D eigenvalue weighted by Gasteiger charge is -2.26. The molecule has 208 valence electrons. The Kier molecular flexibility index (Phi) is 10.3. The lowest BCUT2D eigenvalue weighted by molar-refractivity contribution is -0.138. The molecule has 0 aliphatic heterocycles. The van der Waals surface area contributed by atoms with E-state index in [0.29, 0.717) is 26.1 Å². The Bertz CT molecular complexity index is 1390. The topological polar surface area (TPSA) is 55.8 Å². The van der Waals surface area contributed by atoms with Crippen LogP contribution in [0.5, 0.6) is 0 Å². The van der Waals surface area contributed by atoms with Gasteiger partial charge in [-0.2, -0.15) is 0 Å². The third kappa shape index (κ3) is 8.05. The van der Waals surface area contributed by atoms with Crippen LogP contribution in [0.3, 0.4) is 0 Å². The van der Waals surface area contributed by atoms with Gasteiger partial charge in [-0.25, -0.2) is 9.59 Å². The number of ether oxygens (including phenoxy) is 2. The summed E-state index contributed by atoms with van der Waals surface area (Å²) in [5, 5.41) is 0. The van der Waals surface area contributed by atoms with Gasteiger partial charge in [0.1, 0.15) is 0 Å². The van der Waals surface area contributed by atoms with Crippen LogP contribution in [-0.2, 0) is 38.3 Å². The molecule has 0 heterocycles. The lowest BCUT2D eigenvalue weighted by atomic mass is 10.0. The maximum absolute atomic E-state index is 11.4. The Hall–Kier alpha value is -4.90. The quantitative estimate of drug-likeness (QED) is 0.126. The summed E-state index contributed by atoms with van der Waals surface area (Å²) in [6.07, 6.45) is 4.61. The monoisotopic (exact) mass is 545 g/mol. The van der Waals surface area contributed by atoms with E-state index in [1.807, 2.05) is 0 Å². The highest BCUT2D eigenvalue weighted by atomic mass is 16.5. The number of benzene rings is 4. The molecule has 0 bridgehead atoms. The van der Waals surface area contributed by atoms with E-state index in [4.69, 9.17) is 9.47 Å². The SMILES string of the molecule is C=CC(=O)OCCc1ccc(N(c2ccc(CCOC(=O)C=C)cc2)c2ccc(-c3ccc(CC)cc3)cc2)cc1. The van der Waals surface area contributed by atoms with E-state index in [2.05, 4.69) is 122 Å². The van der Waals surface area contributed by atoms with Crippen molar-refractivity contribution in [2.75, 3.05) is 18.1 Å². The van der Waals surface area contributed by atoms with E-state index in [1.165, 1.54) is 23.3 Å². The van der Waals surface area contributed by atoms with Gasteiger partial charge in [0.25, 0.3) is 0 Å². The smallest absolute Gasteiger partial charge is 0.330 e. The number of nitrogens with zero attached hydrogens (tertiary/aromatic N) is 1. The summed E-state index contributed by atoms with van der Waals surface area (Å²) in [6.45, 7) is 9.63. The Morgan fingerprint density at radius 2 is 0.927 bits per heavy atom. The first kappa shape index (κ1) is 29.1. The second-order valence-corrected chi connectivity index (χ2v) is 9.51. The molecule has 0 spiro atoms. The number of hydrogen-bond donors (Lipinski definition) is 0. The van der Waals surface area contributed by atoms with E-state index in [-0.39, 0.29) is 0 Å². The molecule has 0 atom stereocenters. The zero-order valence-electron chi connectivity index (χ0n) is 23.4. The average molecular weight is 546 g/mol. The summed E-state index contributed by atoms with van der Waals surface area (Å²) >= 11 is 0. The van der Waals surface area contributed by atoms with Gasteiger partial charge in [0.2, 0.25) is 0 Å². The highest BCUT2D eigenvalue weighted by molar-refractivity contribution is 5.81. The molecule has 0 aliphatic carbocycles. The van der Waals surface area contributed by atoms with E-state index in [9.17, 15) is 9.59 Å². The molecule has 4 rings (SSSR count). The summed E-state index contributed by atoms with van der Waals surface area (Å²) in [6, 6.07) is 33.8. The highest BCUT2D eigenvalue weighted by Gasteiger charge is 2.13. The van der Waals surface area contributed by atoms with Crippen LogP contribution in [0, 0.1) is 0 Å². The molecule has 0 saturated heterocycles. The fourth-order valence-corrected chi connectivity index (χ4v) is 4.46. The first-order chi connectivity index (χ1) is 20.0. The molecule has 4 aromatic carbocycles. The molecule has 0 unspecified atom stereocenters. The van der Waals surface area contributed by atoms with Gasteiger partial charge in [-0.1, -0.05) is 80.7 Å². The Morgan fingerprint density at radius 3 is 1.29 bits per heavy atom. The first-order valence-corrected chi connectivity index (χ1v) is 13.8. The van der Waals surface area contributed by atoms with Crippen LogP contribution in [0.15, 0.2) is 122 Å². The van der Waals surface area contributed by atoms with Crippen molar-refractivity contribution in [3.8, 4) is 11.1 Å². The molecular formula is C36H35NO4. The van der Waals surface area contributed by atoms with Crippen molar-refractivity contribution in [1.29, 1.82) is 0 Å². The van der Waals surface area contributed by atoms with Crippen LogP contribution in [-0.4, -0.2) is 25.2 Å². The van der Waals surface area contributed by atoms with E-state index >= 15 is 0 Å². The molecule has 41 heavy (non-hydrogen) atoms. The molecule has 0 radical (unpaired) electrons. The summed E-state index contributed by atoms with van der Waals surface area (Å²) in [5.74, 6) is -0.834. The van der Waals surface area contributed by atoms with Crippen molar-refractivity contribution in [3.63, 3.8) is 0 Å². The third-order valence-electron chi connectivity index (χ3n) is 6.81. The van der Waals surface area contributed by atoms with Crippen molar-refractivity contribution in [3.05, 3.63) is 139 Å². The van der Waals surface area contributed by atoms with Crippen molar-refractivity contribution in [2.45, 2.75) is 26.2 Å². The van der Waals surface area contributed by atoms with Gasteiger partial charge in [0.05, 0.1) is 13.2 Å². The fraction of sp³-hybridized carbons (Fsp3) is 0.167. The van der Waals surface area contributed by atoms with Crippen LogP contribution < -0.4 is 4.90 Å². The first-order valence-electron chi connectivity index (χ1n) is 13.8. The second kappa shape index (κ2) is 14.5. The third-order valence-corrected chi connectivity index (χ3v) is 6.81. The number of aryl methyl sites for hydroxylation is 1. The number of rotatable bonds is 13. The predicted molar refractivity (Wildman–Crippen MR) is 166 cm³/mol. The normalized spacial score (nSPS) is 10.5. The molecule has 0 aromatic heterocycles. The van der Waals surface area contributed by atoms with Crippen LogP contribution in [0.25, 0.3) is 11.1 Å². The minimum absolute atomic E-state index is 0.304. The van der Waals surface area contributed by atoms with Crippen LogP contribution in [0.2, 0.25) is 0 Å². The largest absolute Gasteiger partial charge is 0.462 e. The van der Waals surface area contributed by atoms with Gasteiger partial charge in [-0.05, 0) is 70.6 Å². The van der Waals surface area contributed by atoms with Gasteiger partial charge in [-0.15, -0.1) is 0 Å². The maximum atomic E-state index is 11.4. The number of carbonyl (C=O) groups is 2. The molecule has 0 saturated carbocycles. The minimum Gasteiger partial charge on any atom is -0.462 e. The van der Waals surface area contributed by atoms with Gasteiger partial charge < -0.3 is 14.4 Å². The Morgan fingerprint density at radius 1 is 0.585 bits per heavy atom. The molecule has 5 nitrogen and oxygen atoms in total. The molecule has 0 aliphatic rings. The van der Waals surface area contributed by atoms with E-state index < -0.39 is 11.9 Å². The fourth-order valence-electron chi connectivity index (χ4n) is 4.46.